The second kappa shape index (κ2) is 9.21. The van der Waals surface area contributed by atoms with Crippen molar-refractivity contribution in [3.8, 4) is 16.9 Å². The highest BCUT2D eigenvalue weighted by atomic mass is 35.5. The van der Waals surface area contributed by atoms with Crippen LogP contribution in [-0.4, -0.2) is 29.6 Å². The first-order valence-electron chi connectivity index (χ1n) is 10.2. The average molecular weight is 480 g/mol. The molecule has 0 saturated heterocycles. The van der Waals surface area contributed by atoms with Gasteiger partial charge in [0, 0.05) is 28.2 Å². The predicted octanol–water partition coefficient (Wildman–Crippen LogP) is 5.22. The average Bonchev–Trinajstić information content (AvgIpc) is 3.22. The summed E-state index contributed by atoms with van der Waals surface area (Å²) in [7, 11) is -4.08. The normalized spacial score (nSPS) is 11.4. The summed E-state index contributed by atoms with van der Waals surface area (Å²) in [6.07, 6.45) is 1.64. The molecule has 1 N–H and O–H groups in total. The topological polar surface area (TPSA) is 81.1 Å². The molecule has 0 spiro atoms. The Bertz CT molecular complexity index is 1410. The molecule has 0 radical (unpaired) electrons. The third-order valence-electron chi connectivity index (χ3n) is 5.04. The van der Waals surface area contributed by atoms with Crippen LogP contribution in [0.4, 0.5) is 5.69 Å². The van der Waals surface area contributed by atoms with Crippen LogP contribution in [0.5, 0.6) is 0 Å². The highest BCUT2D eigenvalue weighted by Crippen LogP contribution is 2.26. The Morgan fingerprint density at radius 3 is 2.24 bits per heavy atom. The van der Waals surface area contributed by atoms with Crippen LogP contribution in [0.25, 0.3) is 16.9 Å². The number of hydrogen-bond donors (Lipinski definition) is 1. The van der Waals surface area contributed by atoms with E-state index in [1.54, 1.807) is 42.6 Å². The summed E-state index contributed by atoms with van der Waals surface area (Å²) < 4.78 is 28.0. The molecular formula is C25H22ClN3O3S. The third-order valence-corrected chi connectivity index (χ3v) is 6.76. The molecule has 8 heteroatoms. The number of aromatic nitrogens is 2. The smallest absolute Gasteiger partial charge is 0.240 e. The van der Waals surface area contributed by atoms with Crippen molar-refractivity contribution in [2.24, 2.45) is 0 Å². The molecule has 0 saturated carbocycles. The lowest BCUT2D eigenvalue weighted by molar-refractivity contribution is -0.113. The zero-order chi connectivity index (χ0) is 23.6. The van der Waals surface area contributed by atoms with Crippen LogP contribution in [-0.2, 0) is 14.6 Å². The van der Waals surface area contributed by atoms with E-state index in [1.165, 1.54) is 4.57 Å². The number of rotatable bonds is 6. The number of carbonyl (C=O) groups excluding carboxylic acids is 1. The molecule has 0 aliphatic rings. The molecule has 168 valence electrons. The number of anilines is 1. The maximum Gasteiger partial charge on any atom is 0.240 e. The molecule has 1 amide bonds. The fraction of sp³-hybridized carbons (Fsp3) is 0.120. The summed E-state index contributed by atoms with van der Waals surface area (Å²) in [5.41, 5.74) is 4.42. The second-order valence-electron chi connectivity index (χ2n) is 7.80. The molecule has 3 aromatic carbocycles. The fourth-order valence-corrected chi connectivity index (χ4v) is 4.75. The lowest BCUT2D eigenvalue weighted by Gasteiger charge is -2.09. The molecule has 1 heterocycles. The number of sulfone groups is 1. The largest absolute Gasteiger partial charge is 0.325 e. The molecule has 33 heavy (non-hydrogen) atoms. The van der Waals surface area contributed by atoms with Gasteiger partial charge < -0.3 is 5.32 Å². The zero-order valence-electron chi connectivity index (χ0n) is 18.1. The lowest BCUT2D eigenvalue weighted by atomic mass is 10.1. The lowest BCUT2D eigenvalue weighted by Crippen LogP contribution is -2.25. The summed E-state index contributed by atoms with van der Waals surface area (Å²) in [5, 5.41) is 2.87. The maximum atomic E-state index is 13.3. The number of imidazole rings is 1. The van der Waals surface area contributed by atoms with Gasteiger partial charge in [-0.05, 0) is 44.2 Å². The molecule has 1 aromatic heterocycles. The number of carbonyl (C=O) groups is 1. The maximum absolute atomic E-state index is 13.3. The first kappa shape index (κ1) is 22.8. The number of halogens is 1. The van der Waals surface area contributed by atoms with Gasteiger partial charge in [0.05, 0.1) is 5.69 Å². The standard InChI is InChI=1S/C25H22ClN3O3S/c1-17-6-10-19(11-7-17)23-15-29(22-5-3-4-20(26)14-22)25(28-23)33(31,32)16-24(30)27-21-12-8-18(2)9-13-21/h3-15H,16H2,1-2H3,(H,27,30). The van der Waals surface area contributed by atoms with Gasteiger partial charge in [-0.25, -0.2) is 13.4 Å². The van der Waals surface area contributed by atoms with E-state index in [2.05, 4.69) is 10.3 Å². The number of benzene rings is 3. The Kier molecular flexibility index (Phi) is 6.35. The van der Waals surface area contributed by atoms with Gasteiger partial charge in [-0.1, -0.05) is 65.2 Å². The van der Waals surface area contributed by atoms with Crippen LogP contribution in [0, 0.1) is 13.8 Å². The van der Waals surface area contributed by atoms with Gasteiger partial charge in [-0.15, -0.1) is 0 Å². The minimum Gasteiger partial charge on any atom is -0.325 e. The third kappa shape index (κ3) is 5.32. The van der Waals surface area contributed by atoms with Gasteiger partial charge in [0.2, 0.25) is 20.9 Å². The van der Waals surface area contributed by atoms with Crippen molar-refractivity contribution in [1.82, 2.24) is 9.55 Å². The van der Waals surface area contributed by atoms with Crippen molar-refractivity contribution in [1.29, 1.82) is 0 Å². The van der Waals surface area contributed by atoms with Crippen molar-refractivity contribution in [2.75, 3.05) is 11.1 Å². The van der Waals surface area contributed by atoms with Crippen molar-refractivity contribution >= 4 is 33.0 Å². The Morgan fingerprint density at radius 1 is 0.970 bits per heavy atom. The highest BCUT2D eigenvalue weighted by molar-refractivity contribution is 7.92. The van der Waals surface area contributed by atoms with Gasteiger partial charge in [0.25, 0.3) is 0 Å². The summed E-state index contributed by atoms with van der Waals surface area (Å²) in [6.45, 7) is 3.90. The Balaban J connectivity index is 1.71. The van der Waals surface area contributed by atoms with Gasteiger partial charge in [0.1, 0.15) is 5.75 Å². The number of aryl methyl sites for hydroxylation is 2. The van der Waals surface area contributed by atoms with E-state index in [0.717, 1.165) is 16.7 Å². The molecule has 4 aromatic rings. The summed E-state index contributed by atoms with van der Waals surface area (Å²) in [4.78, 5) is 17.0. The quantitative estimate of drug-likeness (QED) is 0.411. The first-order chi connectivity index (χ1) is 15.7. The van der Waals surface area contributed by atoms with E-state index >= 15 is 0 Å². The van der Waals surface area contributed by atoms with E-state index in [-0.39, 0.29) is 5.16 Å². The SMILES string of the molecule is Cc1ccc(NC(=O)CS(=O)(=O)c2nc(-c3ccc(C)cc3)cn2-c2cccc(Cl)c2)cc1. The molecule has 0 atom stereocenters. The van der Waals surface area contributed by atoms with Gasteiger partial charge in [0.15, 0.2) is 0 Å². The summed E-state index contributed by atoms with van der Waals surface area (Å²) in [5.74, 6) is -1.39. The number of hydrogen-bond acceptors (Lipinski definition) is 4. The monoisotopic (exact) mass is 479 g/mol. The molecule has 0 aliphatic heterocycles. The van der Waals surface area contributed by atoms with Crippen molar-refractivity contribution in [3.05, 3.63) is 95.1 Å². The molecule has 4 rings (SSSR count). The predicted molar refractivity (Wildman–Crippen MR) is 131 cm³/mol. The molecule has 0 unspecified atom stereocenters. The van der Waals surface area contributed by atoms with E-state index in [4.69, 9.17) is 11.6 Å². The fourth-order valence-electron chi connectivity index (χ4n) is 3.33. The number of nitrogens with zero attached hydrogens (tertiary/aromatic N) is 2. The van der Waals surface area contributed by atoms with E-state index < -0.39 is 21.5 Å². The van der Waals surface area contributed by atoms with Crippen molar-refractivity contribution < 1.29 is 13.2 Å². The zero-order valence-corrected chi connectivity index (χ0v) is 19.7. The van der Waals surface area contributed by atoms with Gasteiger partial charge in [-0.3, -0.25) is 9.36 Å². The molecule has 6 nitrogen and oxygen atoms in total. The minimum atomic E-state index is -4.08. The molecule has 0 bridgehead atoms. The highest BCUT2D eigenvalue weighted by Gasteiger charge is 2.27. The Hall–Kier alpha value is -3.42. The van der Waals surface area contributed by atoms with Crippen LogP contribution in [0.2, 0.25) is 5.02 Å². The molecule has 0 aliphatic carbocycles. The van der Waals surface area contributed by atoms with Crippen LogP contribution in [0.3, 0.4) is 0 Å². The minimum absolute atomic E-state index is 0.223. The van der Waals surface area contributed by atoms with E-state index in [1.807, 2.05) is 50.2 Å². The van der Waals surface area contributed by atoms with E-state index in [9.17, 15) is 13.2 Å². The first-order valence-corrected chi connectivity index (χ1v) is 12.3. The van der Waals surface area contributed by atoms with Gasteiger partial charge in [-0.2, -0.15) is 0 Å². The number of amides is 1. The van der Waals surface area contributed by atoms with Crippen molar-refractivity contribution in [2.45, 2.75) is 19.0 Å². The van der Waals surface area contributed by atoms with Crippen LogP contribution >= 0.6 is 11.6 Å². The second-order valence-corrected chi connectivity index (χ2v) is 10.1. The summed E-state index contributed by atoms with van der Waals surface area (Å²) >= 11 is 6.14. The Morgan fingerprint density at radius 2 is 1.61 bits per heavy atom. The molecule has 0 fully saturated rings. The van der Waals surface area contributed by atoms with Gasteiger partial charge >= 0.3 is 0 Å². The van der Waals surface area contributed by atoms with Crippen LogP contribution in [0.15, 0.2) is 84.1 Å². The van der Waals surface area contributed by atoms with E-state index in [0.29, 0.717) is 22.1 Å². The number of nitrogens with one attached hydrogen (secondary N) is 1. The van der Waals surface area contributed by atoms with Crippen molar-refractivity contribution in [3.63, 3.8) is 0 Å². The molecular weight excluding hydrogens is 458 g/mol. The Labute approximate surface area is 197 Å². The summed E-state index contributed by atoms with van der Waals surface area (Å²) in [6, 6.07) is 21.5. The van der Waals surface area contributed by atoms with Crippen LogP contribution < -0.4 is 5.32 Å². The van der Waals surface area contributed by atoms with Crippen LogP contribution in [0.1, 0.15) is 11.1 Å².